The monoisotopic (exact) mass is 326 g/mol. The van der Waals surface area contributed by atoms with Crippen LogP contribution in [0.15, 0.2) is 60.7 Å². The van der Waals surface area contributed by atoms with Crippen molar-refractivity contribution < 1.29 is 14.3 Å². The fraction of sp³-hybridized carbons (Fsp3) is 0.316. The highest BCUT2D eigenvalue weighted by Gasteiger charge is 2.28. The molecule has 0 radical (unpaired) electrons. The van der Waals surface area contributed by atoms with Gasteiger partial charge in [0.1, 0.15) is 6.61 Å². The molecular weight excluding hydrogens is 304 g/mol. The molecule has 1 aliphatic rings. The molecule has 24 heavy (non-hydrogen) atoms. The van der Waals surface area contributed by atoms with Gasteiger partial charge in [-0.25, -0.2) is 15.2 Å². The second-order valence-corrected chi connectivity index (χ2v) is 5.75. The average molecular weight is 326 g/mol. The maximum absolute atomic E-state index is 11.9. The molecule has 3 rings (SSSR count). The molecule has 1 atom stereocenters. The molecule has 0 saturated carbocycles. The van der Waals surface area contributed by atoms with Crippen molar-refractivity contribution in [2.45, 2.75) is 32.2 Å². The number of ether oxygens (including phenoxy) is 2. The predicted molar refractivity (Wildman–Crippen MR) is 90.7 cm³/mol. The van der Waals surface area contributed by atoms with E-state index in [1.165, 1.54) is 5.56 Å². The summed E-state index contributed by atoms with van der Waals surface area (Å²) >= 11 is 0. The lowest BCUT2D eigenvalue weighted by Gasteiger charge is -2.24. The highest BCUT2D eigenvalue weighted by molar-refractivity contribution is 5.60. The van der Waals surface area contributed by atoms with Crippen LogP contribution < -0.4 is 5.43 Å². The van der Waals surface area contributed by atoms with Crippen LogP contribution in [0.25, 0.3) is 0 Å². The van der Waals surface area contributed by atoms with E-state index in [9.17, 15) is 4.79 Å². The maximum Gasteiger partial charge on any atom is 0.510 e. The number of rotatable bonds is 6. The van der Waals surface area contributed by atoms with Crippen LogP contribution in [-0.2, 0) is 22.6 Å². The molecule has 1 N–H and O–H groups in total. The van der Waals surface area contributed by atoms with Gasteiger partial charge in [0.2, 0.25) is 0 Å². The van der Waals surface area contributed by atoms with Crippen molar-refractivity contribution in [3.8, 4) is 0 Å². The minimum atomic E-state index is -0.628. The van der Waals surface area contributed by atoms with Crippen molar-refractivity contribution in [3.05, 3.63) is 71.8 Å². The van der Waals surface area contributed by atoms with Crippen LogP contribution in [-0.4, -0.2) is 23.9 Å². The molecule has 0 bridgehead atoms. The summed E-state index contributed by atoms with van der Waals surface area (Å²) in [6.45, 7) is 1.78. The van der Waals surface area contributed by atoms with E-state index in [0.717, 1.165) is 24.9 Å². The molecule has 1 saturated heterocycles. The first-order valence-corrected chi connectivity index (χ1v) is 8.23. The molecule has 0 amide bonds. The van der Waals surface area contributed by atoms with Gasteiger partial charge in [0, 0.05) is 19.5 Å². The Bertz CT molecular complexity index is 634. The lowest BCUT2D eigenvalue weighted by atomic mass is 10.2. The van der Waals surface area contributed by atoms with Gasteiger partial charge >= 0.3 is 6.16 Å². The Kier molecular flexibility index (Phi) is 5.82. The molecule has 1 heterocycles. The molecule has 1 fully saturated rings. The van der Waals surface area contributed by atoms with E-state index in [1.807, 2.05) is 53.5 Å². The number of benzene rings is 2. The molecule has 5 nitrogen and oxygen atoms in total. The highest BCUT2D eigenvalue weighted by atomic mass is 16.7. The second-order valence-electron chi connectivity index (χ2n) is 5.75. The van der Waals surface area contributed by atoms with Gasteiger partial charge in [0.05, 0.1) is 0 Å². The van der Waals surface area contributed by atoms with Gasteiger partial charge in [-0.3, -0.25) is 0 Å². The zero-order chi connectivity index (χ0) is 16.6. The molecule has 0 aromatic heterocycles. The first-order chi connectivity index (χ1) is 11.8. The molecular formula is C19H22N2O3. The van der Waals surface area contributed by atoms with Crippen LogP contribution in [0.5, 0.6) is 0 Å². The van der Waals surface area contributed by atoms with Crippen LogP contribution in [0.2, 0.25) is 0 Å². The van der Waals surface area contributed by atoms with Crippen LogP contribution in [0.1, 0.15) is 24.0 Å². The summed E-state index contributed by atoms with van der Waals surface area (Å²) in [6, 6.07) is 19.7. The summed E-state index contributed by atoms with van der Waals surface area (Å²) in [5, 5.41) is 1.97. The quantitative estimate of drug-likeness (QED) is 0.824. The van der Waals surface area contributed by atoms with E-state index in [1.54, 1.807) is 0 Å². The average Bonchev–Trinajstić information content (AvgIpc) is 3.07. The van der Waals surface area contributed by atoms with Crippen molar-refractivity contribution in [2.75, 3.05) is 6.54 Å². The number of hydrogen-bond acceptors (Lipinski definition) is 5. The van der Waals surface area contributed by atoms with Gasteiger partial charge in [0.25, 0.3) is 0 Å². The van der Waals surface area contributed by atoms with E-state index >= 15 is 0 Å². The van der Waals surface area contributed by atoms with Crippen LogP contribution in [0, 0.1) is 0 Å². The molecule has 5 heteroatoms. The Hall–Kier alpha value is -2.37. The molecule has 2 aromatic rings. The molecule has 0 spiro atoms. The number of hydrogen-bond donors (Lipinski definition) is 1. The van der Waals surface area contributed by atoms with E-state index in [0.29, 0.717) is 6.54 Å². The molecule has 126 valence electrons. The summed E-state index contributed by atoms with van der Waals surface area (Å²) in [5.74, 6) is 0. The van der Waals surface area contributed by atoms with E-state index in [2.05, 4.69) is 17.6 Å². The van der Waals surface area contributed by atoms with Crippen molar-refractivity contribution in [2.24, 2.45) is 0 Å². The smallest absolute Gasteiger partial charge is 0.429 e. The van der Waals surface area contributed by atoms with Crippen molar-refractivity contribution in [3.63, 3.8) is 0 Å². The third-order valence-corrected chi connectivity index (χ3v) is 3.96. The number of hydrazine groups is 1. The minimum Gasteiger partial charge on any atom is -0.429 e. The Labute approximate surface area is 142 Å². The summed E-state index contributed by atoms with van der Waals surface area (Å²) in [4.78, 5) is 11.9. The molecule has 2 aromatic carbocycles. The van der Waals surface area contributed by atoms with Crippen LogP contribution in [0.3, 0.4) is 0 Å². The first kappa shape index (κ1) is 16.5. The fourth-order valence-corrected chi connectivity index (χ4v) is 2.69. The Morgan fingerprint density at radius 3 is 2.42 bits per heavy atom. The molecule has 0 unspecified atom stereocenters. The van der Waals surface area contributed by atoms with Gasteiger partial charge in [0.15, 0.2) is 6.23 Å². The standard InChI is InChI=1S/C19H22N2O3/c22-19(23-15-17-10-5-2-6-11-17)24-18-12-7-13-21(18)20-14-16-8-3-1-4-9-16/h1-6,8-11,18,20H,7,12-15H2/t18-/m0/s1. The Morgan fingerprint density at radius 1 is 1.04 bits per heavy atom. The van der Waals surface area contributed by atoms with Crippen molar-refractivity contribution in [1.29, 1.82) is 0 Å². The fourth-order valence-electron chi connectivity index (χ4n) is 2.69. The predicted octanol–water partition coefficient (Wildman–Crippen LogP) is 3.47. The lowest BCUT2D eigenvalue weighted by Crippen LogP contribution is -2.43. The highest BCUT2D eigenvalue weighted by Crippen LogP contribution is 2.17. The van der Waals surface area contributed by atoms with Gasteiger partial charge in [-0.05, 0) is 17.5 Å². The normalized spacial score (nSPS) is 17.6. The number of nitrogens with one attached hydrogen (secondary N) is 1. The number of carbonyl (C=O) groups is 1. The van der Waals surface area contributed by atoms with Crippen molar-refractivity contribution >= 4 is 6.16 Å². The minimum absolute atomic E-state index is 0.226. The van der Waals surface area contributed by atoms with E-state index < -0.39 is 6.16 Å². The van der Waals surface area contributed by atoms with Crippen molar-refractivity contribution in [1.82, 2.24) is 10.4 Å². The Balaban J connectivity index is 1.44. The second kappa shape index (κ2) is 8.47. The summed E-state index contributed by atoms with van der Waals surface area (Å²) in [5.41, 5.74) is 5.46. The first-order valence-electron chi connectivity index (χ1n) is 8.23. The number of carbonyl (C=O) groups excluding carboxylic acids is 1. The summed E-state index contributed by atoms with van der Waals surface area (Å²) in [7, 11) is 0. The molecule has 0 aliphatic carbocycles. The third-order valence-electron chi connectivity index (χ3n) is 3.96. The van der Waals surface area contributed by atoms with Gasteiger partial charge in [-0.15, -0.1) is 0 Å². The SMILES string of the molecule is O=C(OCc1ccccc1)O[C@H]1CCCN1NCc1ccccc1. The van der Waals surface area contributed by atoms with E-state index in [-0.39, 0.29) is 12.8 Å². The van der Waals surface area contributed by atoms with Gasteiger partial charge in [-0.2, -0.15) is 0 Å². The molecule has 1 aliphatic heterocycles. The largest absolute Gasteiger partial charge is 0.510 e. The van der Waals surface area contributed by atoms with Crippen LogP contribution >= 0.6 is 0 Å². The van der Waals surface area contributed by atoms with Crippen LogP contribution in [0.4, 0.5) is 4.79 Å². The van der Waals surface area contributed by atoms with Gasteiger partial charge in [-0.1, -0.05) is 60.7 Å². The third kappa shape index (κ3) is 4.81. The Morgan fingerprint density at radius 2 is 1.71 bits per heavy atom. The zero-order valence-electron chi connectivity index (χ0n) is 13.6. The van der Waals surface area contributed by atoms with E-state index in [4.69, 9.17) is 9.47 Å². The summed E-state index contributed by atoms with van der Waals surface area (Å²) in [6.07, 6.45) is 0.884. The number of nitrogens with zero attached hydrogens (tertiary/aromatic N) is 1. The lowest BCUT2D eigenvalue weighted by molar-refractivity contribution is -0.0513. The summed E-state index contributed by atoms with van der Waals surface area (Å²) < 4.78 is 10.6. The maximum atomic E-state index is 11.9. The zero-order valence-corrected chi connectivity index (χ0v) is 13.6. The van der Waals surface area contributed by atoms with Gasteiger partial charge < -0.3 is 9.47 Å². The topological polar surface area (TPSA) is 50.8 Å².